The number of nitrogens with zero attached hydrogens (tertiary/aromatic N) is 1. The third-order valence-corrected chi connectivity index (χ3v) is 12.1. The zero-order chi connectivity index (χ0) is 32.5. The van der Waals surface area contributed by atoms with Crippen molar-refractivity contribution in [3.05, 3.63) is 65.2 Å². The molecule has 3 aliphatic rings. The van der Waals surface area contributed by atoms with E-state index in [9.17, 15) is 18.0 Å². The number of rotatable bonds is 11. The Bertz CT molecular complexity index is 1390. The van der Waals surface area contributed by atoms with E-state index >= 15 is 0 Å². The largest absolute Gasteiger partial charge is 0.453 e. The second kappa shape index (κ2) is 16.4. The van der Waals surface area contributed by atoms with Gasteiger partial charge in [-0.3, -0.25) is 4.79 Å². The fourth-order valence-corrected chi connectivity index (χ4v) is 9.26. The molecule has 3 fully saturated rings. The van der Waals surface area contributed by atoms with E-state index in [0.717, 1.165) is 50.5 Å². The zero-order valence-electron chi connectivity index (χ0n) is 26.5. The Morgan fingerprint density at radius 1 is 1.02 bits per heavy atom. The van der Waals surface area contributed by atoms with E-state index in [-0.39, 0.29) is 35.7 Å². The van der Waals surface area contributed by atoms with Crippen molar-refractivity contribution in [2.75, 3.05) is 40.0 Å². The minimum absolute atomic E-state index is 0.0838. The average molecular weight is 675 g/mol. The van der Waals surface area contributed by atoms with Gasteiger partial charge in [-0.1, -0.05) is 54.8 Å². The molecule has 0 unspecified atom stereocenters. The molecule has 2 heterocycles. The standard InChI is InChI=1S/C34H47ClN4O6S/c1-44-34(41)38-32(31(26-17-21-45-22-18-26)25-11-14-27(35)15-12-25)33(40)37-30-10-6-5-7-24(30)13-16-28-23-36-19-20-39(28)46(42,43)29-8-3-2-4-9-29/h2-4,8-9,11-12,14-15,24,26,28,30-32,36H,5-7,10,13,16-23H2,1H3,(H,37,40)(H,38,41)/t24-,28+,30+,31+,32+/m1/s1. The van der Waals surface area contributed by atoms with Gasteiger partial charge in [0.1, 0.15) is 6.04 Å². The average Bonchev–Trinajstić information content (AvgIpc) is 3.09. The van der Waals surface area contributed by atoms with Crippen molar-refractivity contribution in [2.24, 2.45) is 11.8 Å². The summed E-state index contributed by atoms with van der Waals surface area (Å²) in [4.78, 5) is 27.2. The van der Waals surface area contributed by atoms with Crippen molar-refractivity contribution in [1.82, 2.24) is 20.3 Å². The molecule has 12 heteroatoms. The van der Waals surface area contributed by atoms with Crippen LogP contribution in [0.4, 0.5) is 4.79 Å². The third kappa shape index (κ3) is 8.60. The van der Waals surface area contributed by atoms with Gasteiger partial charge < -0.3 is 25.4 Å². The van der Waals surface area contributed by atoms with E-state index in [2.05, 4.69) is 16.0 Å². The molecular formula is C34H47ClN4O6S. The van der Waals surface area contributed by atoms with Gasteiger partial charge in [0.05, 0.1) is 12.0 Å². The van der Waals surface area contributed by atoms with Crippen LogP contribution in [0.1, 0.15) is 62.8 Å². The van der Waals surface area contributed by atoms with Crippen LogP contribution in [0.15, 0.2) is 59.5 Å². The van der Waals surface area contributed by atoms with Crippen LogP contribution in [-0.2, 0) is 24.3 Å². The first kappa shape index (κ1) is 34.6. The fourth-order valence-electron chi connectivity index (χ4n) is 7.46. The van der Waals surface area contributed by atoms with E-state index in [0.29, 0.717) is 49.2 Å². The number of amides is 2. The summed E-state index contributed by atoms with van der Waals surface area (Å²) < 4.78 is 39.4. The maximum atomic E-state index is 14.2. The lowest BCUT2D eigenvalue weighted by atomic mass is 9.76. The number of halogens is 1. The molecule has 5 atom stereocenters. The van der Waals surface area contributed by atoms with Gasteiger partial charge in [0.25, 0.3) is 0 Å². The summed E-state index contributed by atoms with van der Waals surface area (Å²) in [6.07, 6.45) is 6.19. The molecule has 2 aromatic carbocycles. The van der Waals surface area contributed by atoms with E-state index in [4.69, 9.17) is 21.1 Å². The fraction of sp³-hybridized carbons (Fsp3) is 0.588. The summed E-state index contributed by atoms with van der Waals surface area (Å²) in [5.74, 6) is -0.230. The molecule has 5 rings (SSSR count). The van der Waals surface area contributed by atoms with Crippen LogP contribution in [0.25, 0.3) is 0 Å². The number of carbonyl (C=O) groups excluding carboxylic acids is 2. The van der Waals surface area contributed by atoms with Crippen molar-refractivity contribution in [3.8, 4) is 0 Å². The summed E-state index contributed by atoms with van der Waals surface area (Å²) in [5, 5.41) is 10.2. The Hall–Kier alpha value is -2.70. The first-order valence-electron chi connectivity index (χ1n) is 16.5. The van der Waals surface area contributed by atoms with Gasteiger partial charge in [-0.25, -0.2) is 13.2 Å². The van der Waals surface area contributed by atoms with Gasteiger partial charge >= 0.3 is 6.09 Å². The summed E-state index contributed by atoms with van der Waals surface area (Å²) in [6, 6.07) is 15.0. The Balaban J connectivity index is 1.32. The number of alkyl carbamates (subject to hydrolysis) is 1. The maximum Gasteiger partial charge on any atom is 0.407 e. The van der Waals surface area contributed by atoms with Crippen molar-refractivity contribution < 1.29 is 27.5 Å². The van der Waals surface area contributed by atoms with Gasteiger partial charge in [0.2, 0.25) is 15.9 Å². The van der Waals surface area contributed by atoms with E-state index in [1.54, 1.807) is 28.6 Å². The second-order valence-electron chi connectivity index (χ2n) is 12.7. The third-order valence-electron chi connectivity index (χ3n) is 9.88. The van der Waals surface area contributed by atoms with Crippen LogP contribution in [0, 0.1) is 11.8 Å². The Labute approximate surface area is 278 Å². The van der Waals surface area contributed by atoms with Gasteiger partial charge in [-0.15, -0.1) is 0 Å². The van der Waals surface area contributed by atoms with Crippen LogP contribution in [0.5, 0.6) is 0 Å². The molecule has 46 heavy (non-hydrogen) atoms. The van der Waals surface area contributed by atoms with E-state index in [1.807, 2.05) is 30.3 Å². The smallest absolute Gasteiger partial charge is 0.407 e. The second-order valence-corrected chi connectivity index (χ2v) is 15.0. The number of ether oxygens (including phenoxy) is 2. The molecule has 2 amide bonds. The molecular weight excluding hydrogens is 628 g/mol. The molecule has 1 saturated carbocycles. The van der Waals surface area contributed by atoms with Crippen molar-refractivity contribution >= 4 is 33.6 Å². The highest BCUT2D eigenvalue weighted by Crippen LogP contribution is 2.37. The highest BCUT2D eigenvalue weighted by atomic mass is 35.5. The van der Waals surface area contributed by atoms with Gasteiger partial charge in [0, 0.05) is 55.9 Å². The Kier molecular flexibility index (Phi) is 12.4. The molecule has 2 saturated heterocycles. The van der Waals surface area contributed by atoms with Gasteiger partial charge in [0.15, 0.2) is 0 Å². The molecule has 0 bridgehead atoms. The molecule has 2 aliphatic heterocycles. The molecule has 10 nitrogen and oxygen atoms in total. The molecule has 1 aliphatic carbocycles. The highest BCUT2D eigenvalue weighted by Gasteiger charge is 2.40. The van der Waals surface area contributed by atoms with Crippen molar-refractivity contribution in [1.29, 1.82) is 0 Å². The lowest BCUT2D eigenvalue weighted by molar-refractivity contribution is -0.125. The molecule has 3 N–H and O–H groups in total. The van der Waals surface area contributed by atoms with Crippen molar-refractivity contribution in [2.45, 2.75) is 80.3 Å². The van der Waals surface area contributed by atoms with Gasteiger partial charge in [-0.05, 0) is 80.2 Å². The highest BCUT2D eigenvalue weighted by molar-refractivity contribution is 7.89. The molecule has 252 valence electrons. The summed E-state index contributed by atoms with van der Waals surface area (Å²) in [7, 11) is -2.32. The number of sulfonamides is 1. The van der Waals surface area contributed by atoms with Crippen LogP contribution in [-0.4, -0.2) is 82.8 Å². The van der Waals surface area contributed by atoms with E-state index < -0.39 is 22.2 Å². The zero-order valence-corrected chi connectivity index (χ0v) is 28.1. The van der Waals surface area contributed by atoms with Crippen LogP contribution in [0.2, 0.25) is 5.02 Å². The van der Waals surface area contributed by atoms with Gasteiger partial charge in [-0.2, -0.15) is 4.31 Å². The van der Waals surface area contributed by atoms with Crippen LogP contribution in [0.3, 0.4) is 0 Å². The molecule has 0 spiro atoms. The summed E-state index contributed by atoms with van der Waals surface area (Å²) in [6.45, 7) is 2.82. The lowest BCUT2D eigenvalue weighted by Gasteiger charge is -2.39. The predicted molar refractivity (Wildman–Crippen MR) is 177 cm³/mol. The number of benzene rings is 2. The number of piperazine rings is 1. The minimum Gasteiger partial charge on any atom is -0.453 e. The molecule has 0 radical (unpaired) electrons. The SMILES string of the molecule is COC(=O)N[C@H](C(=O)N[C@H]1CCCC[C@@H]1CC[C@H]1CNCCN1S(=O)(=O)c1ccccc1)[C@@H](c1ccc(Cl)cc1)C1CCOCC1. The first-order chi connectivity index (χ1) is 22.3. The Morgan fingerprint density at radius 3 is 2.46 bits per heavy atom. The first-order valence-corrected chi connectivity index (χ1v) is 18.4. The molecule has 2 aromatic rings. The Morgan fingerprint density at radius 2 is 1.74 bits per heavy atom. The van der Waals surface area contributed by atoms with Crippen LogP contribution < -0.4 is 16.0 Å². The topological polar surface area (TPSA) is 126 Å². The summed E-state index contributed by atoms with van der Waals surface area (Å²) in [5.41, 5.74) is 0.928. The normalized spacial score (nSPS) is 24.4. The van der Waals surface area contributed by atoms with Crippen molar-refractivity contribution in [3.63, 3.8) is 0 Å². The maximum absolute atomic E-state index is 14.2. The number of nitrogens with one attached hydrogen (secondary N) is 3. The number of carbonyl (C=O) groups is 2. The predicted octanol–water partition coefficient (Wildman–Crippen LogP) is 4.69. The number of hydrogen-bond acceptors (Lipinski definition) is 7. The van der Waals surface area contributed by atoms with E-state index in [1.165, 1.54) is 7.11 Å². The minimum atomic E-state index is -3.62. The quantitative estimate of drug-likeness (QED) is 0.316. The van der Waals surface area contributed by atoms with Crippen LogP contribution >= 0.6 is 11.6 Å². The molecule has 0 aromatic heterocycles. The number of methoxy groups -OCH3 is 1. The summed E-state index contributed by atoms with van der Waals surface area (Å²) >= 11 is 6.22. The monoisotopic (exact) mass is 674 g/mol. The lowest BCUT2D eigenvalue weighted by Crippen LogP contribution is -2.56. The number of hydrogen-bond donors (Lipinski definition) is 3.